The molecule has 0 saturated carbocycles. The van der Waals surface area contributed by atoms with E-state index in [0.29, 0.717) is 61.5 Å². The van der Waals surface area contributed by atoms with Gasteiger partial charge in [-0.15, -0.1) is 0 Å². The van der Waals surface area contributed by atoms with E-state index in [1.807, 2.05) is 30.3 Å². The van der Waals surface area contributed by atoms with Crippen molar-refractivity contribution in [3.05, 3.63) is 101 Å². The minimum Gasteiger partial charge on any atom is -0.445 e. The molecule has 40 heavy (non-hydrogen) atoms. The van der Waals surface area contributed by atoms with Crippen molar-refractivity contribution in [1.29, 1.82) is 0 Å². The van der Waals surface area contributed by atoms with Gasteiger partial charge in [-0.05, 0) is 55.0 Å². The fourth-order valence-electron chi connectivity index (χ4n) is 4.92. The highest BCUT2D eigenvalue weighted by molar-refractivity contribution is 5.88. The number of carbonyl (C=O) groups is 2. The Morgan fingerprint density at radius 3 is 2.52 bits per heavy atom. The van der Waals surface area contributed by atoms with Crippen LogP contribution in [0.15, 0.2) is 84.3 Å². The second-order valence-corrected chi connectivity index (χ2v) is 9.89. The molecular weight excluding hydrogens is 511 g/mol. The number of amides is 2. The van der Waals surface area contributed by atoms with Crippen LogP contribution in [-0.4, -0.2) is 44.9 Å². The monoisotopic (exact) mass is 543 g/mol. The van der Waals surface area contributed by atoms with Gasteiger partial charge >= 0.3 is 17.9 Å². The molecule has 0 atom stereocenters. The van der Waals surface area contributed by atoms with Crippen LogP contribution in [0.25, 0.3) is 11.0 Å². The Morgan fingerprint density at radius 1 is 1.05 bits per heavy atom. The summed E-state index contributed by atoms with van der Waals surface area (Å²) in [5, 5.41) is 1.46. The Hall–Kier alpha value is -4.57. The van der Waals surface area contributed by atoms with Crippen molar-refractivity contribution < 1.29 is 24.0 Å². The number of nitrogens with one attached hydrogen (secondary N) is 1. The lowest BCUT2D eigenvalue weighted by Crippen LogP contribution is -2.83. The number of hydrogen-bond donors (Lipinski definition) is 3. The molecule has 0 spiro atoms. The van der Waals surface area contributed by atoms with Crippen LogP contribution in [0.5, 0.6) is 0 Å². The lowest BCUT2D eigenvalue weighted by molar-refractivity contribution is -0.486. The van der Waals surface area contributed by atoms with Gasteiger partial charge in [0.2, 0.25) is 0 Å². The first-order chi connectivity index (χ1) is 19.5. The number of imidazole rings is 1. The zero-order valence-corrected chi connectivity index (χ0v) is 22.1. The molecule has 2 aromatic heterocycles. The number of rotatable bonds is 8. The summed E-state index contributed by atoms with van der Waals surface area (Å²) in [4.78, 5) is 39.5. The van der Waals surface area contributed by atoms with Gasteiger partial charge < -0.3 is 15.4 Å². The molecule has 1 aliphatic rings. The Bertz CT molecular complexity index is 1460. The highest BCUT2D eigenvalue weighted by Crippen LogP contribution is 2.26. The number of aryl methyl sites for hydroxylation is 1. The van der Waals surface area contributed by atoms with Crippen LogP contribution in [0.3, 0.4) is 0 Å². The number of nitrogens with two attached hydrogens (primary N) is 2. The lowest BCUT2D eigenvalue weighted by Gasteiger charge is -2.32. The standard InChI is InChI=1S/C30H31FN6O3/c31-23-9-6-20(7-10-23)8-11-24(28(38)36-29-34-25-12-15-33-18-26(25)35-29)27(32)22-13-16-37(17-14-22)30(39)40-19-21-4-2-1-3-5-21/h1-7,9-10,12,15,18,22H,8,11,13-14,16-17,19,32H2,(H2,34,35,36,38)/p+1/b27-24-. The number of aromatic amines is 1. The maximum absolute atomic E-state index is 13.5. The highest BCUT2D eigenvalue weighted by Gasteiger charge is 2.29. The SMILES string of the molecule is N/C(=C(/CCc1ccc(F)cc1)C(=O)[NH2+]c1nc2ccncc2[nH]1)C1CCN(C(=O)OCc2ccccc2)CC1. The summed E-state index contributed by atoms with van der Waals surface area (Å²) in [6.07, 6.45) is 5.11. The number of quaternary nitrogens is 1. The maximum atomic E-state index is 13.5. The van der Waals surface area contributed by atoms with E-state index in [9.17, 15) is 14.0 Å². The molecule has 3 heterocycles. The lowest BCUT2D eigenvalue weighted by atomic mass is 9.89. The number of hydrogen-bond acceptors (Lipinski definition) is 6. The smallest absolute Gasteiger partial charge is 0.410 e. The molecule has 0 bridgehead atoms. The van der Waals surface area contributed by atoms with Crippen LogP contribution in [0.4, 0.5) is 15.1 Å². The van der Waals surface area contributed by atoms with E-state index in [1.54, 1.807) is 35.5 Å². The Balaban J connectivity index is 1.27. The minimum atomic E-state index is -0.356. The summed E-state index contributed by atoms with van der Waals surface area (Å²) in [6, 6.07) is 17.6. The number of H-pyrrole nitrogens is 1. The molecule has 1 saturated heterocycles. The van der Waals surface area contributed by atoms with E-state index in [2.05, 4.69) is 15.0 Å². The fraction of sp³-hybridized carbons (Fsp3) is 0.267. The molecule has 1 aliphatic heterocycles. The van der Waals surface area contributed by atoms with E-state index in [4.69, 9.17) is 10.5 Å². The van der Waals surface area contributed by atoms with E-state index >= 15 is 0 Å². The van der Waals surface area contributed by atoms with E-state index in [-0.39, 0.29) is 30.3 Å². The Kier molecular flexibility index (Phi) is 8.46. The van der Waals surface area contributed by atoms with Crippen molar-refractivity contribution in [2.45, 2.75) is 32.3 Å². The van der Waals surface area contributed by atoms with Crippen molar-refractivity contribution in [1.82, 2.24) is 19.9 Å². The van der Waals surface area contributed by atoms with Crippen LogP contribution in [0.2, 0.25) is 0 Å². The second-order valence-electron chi connectivity index (χ2n) is 9.89. The largest absolute Gasteiger partial charge is 0.445 e. The van der Waals surface area contributed by atoms with Gasteiger partial charge in [-0.3, -0.25) is 9.97 Å². The van der Waals surface area contributed by atoms with Crippen molar-refractivity contribution in [3.8, 4) is 0 Å². The molecule has 1 fully saturated rings. The molecule has 4 aromatic rings. The number of allylic oxidation sites excluding steroid dienone is 1. The summed E-state index contributed by atoms with van der Waals surface area (Å²) in [5.41, 5.74) is 11.0. The molecule has 5 rings (SSSR count). The molecule has 0 radical (unpaired) electrons. The van der Waals surface area contributed by atoms with Crippen LogP contribution >= 0.6 is 0 Å². The Morgan fingerprint density at radius 2 is 1.80 bits per heavy atom. The van der Waals surface area contributed by atoms with Gasteiger partial charge in [0.1, 0.15) is 12.4 Å². The van der Waals surface area contributed by atoms with Gasteiger partial charge in [-0.1, -0.05) is 42.5 Å². The summed E-state index contributed by atoms with van der Waals surface area (Å²) in [5.74, 6) is -0.164. The average Bonchev–Trinajstić information content (AvgIpc) is 3.39. The van der Waals surface area contributed by atoms with E-state index < -0.39 is 0 Å². The van der Waals surface area contributed by atoms with Gasteiger partial charge in [0.05, 0.1) is 22.8 Å². The van der Waals surface area contributed by atoms with Crippen LogP contribution < -0.4 is 11.1 Å². The molecule has 5 N–H and O–H groups in total. The van der Waals surface area contributed by atoms with E-state index in [0.717, 1.165) is 16.6 Å². The number of pyridine rings is 1. The number of halogens is 1. The molecule has 0 unspecified atom stereocenters. The summed E-state index contributed by atoms with van der Waals surface area (Å²) < 4.78 is 18.9. The van der Waals surface area contributed by atoms with Gasteiger partial charge in [0.15, 0.2) is 0 Å². The average molecular weight is 544 g/mol. The second kappa shape index (κ2) is 12.5. The third-order valence-corrected chi connectivity index (χ3v) is 7.19. The number of nitrogens with zero attached hydrogens (tertiary/aromatic N) is 3. The zero-order chi connectivity index (χ0) is 27.9. The van der Waals surface area contributed by atoms with Crippen LogP contribution in [0.1, 0.15) is 30.4 Å². The quantitative estimate of drug-likeness (QED) is 0.291. The molecule has 2 amide bonds. The molecule has 2 aromatic carbocycles. The van der Waals surface area contributed by atoms with Crippen LogP contribution in [0, 0.1) is 11.7 Å². The van der Waals surface area contributed by atoms with E-state index in [1.165, 1.54) is 17.4 Å². The molecule has 206 valence electrons. The third kappa shape index (κ3) is 6.70. The molecule has 10 heteroatoms. The molecule has 0 aliphatic carbocycles. The summed E-state index contributed by atoms with van der Waals surface area (Å²) >= 11 is 0. The highest BCUT2D eigenvalue weighted by atomic mass is 19.1. The number of fused-ring (bicyclic) bond motifs is 1. The van der Waals surface area contributed by atoms with Crippen molar-refractivity contribution in [2.24, 2.45) is 11.7 Å². The first kappa shape index (κ1) is 27.0. The zero-order valence-electron chi connectivity index (χ0n) is 22.1. The maximum Gasteiger partial charge on any atom is 0.410 e. The topological polar surface area (TPSA) is 131 Å². The first-order valence-corrected chi connectivity index (χ1v) is 13.3. The van der Waals surface area contributed by atoms with Crippen molar-refractivity contribution >= 4 is 29.0 Å². The van der Waals surface area contributed by atoms with Gasteiger partial charge in [0, 0.05) is 30.9 Å². The number of piperidine rings is 1. The number of benzene rings is 2. The van der Waals surface area contributed by atoms with Gasteiger partial charge in [0.25, 0.3) is 0 Å². The molecular formula is C30H32FN6O3+. The fourth-order valence-corrected chi connectivity index (χ4v) is 4.92. The van der Waals surface area contributed by atoms with Gasteiger partial charge in [-0.2, -0.15) is 4.98 Å². The third-order valence-electron chi connectivity index (χ3n) is 7.19. The summed E-state index contributed by atoms with van der Waals surface area (Å²) in [6.45, 7) is 1.19. The normalized spacial score (nSPS) is 14.7. The number of primary amides is 1. The summed E-state index contributed by atoms with van der Waals surface area (Å²) in [7, 11) is 0. The predicted octanol–water partition coefficient (Wildman–Crippen LogP) is 3.71. The number of carbonyl (C=O) groups excluding carboxylic acids is 2. The molecule has 9 nitrogen and oxygen atoms in total. The van der Waals surface area contributed by atoms with Crippen LogP contribution in [-0.2, 0) is 22.6 Å². The number of likely N-dealkylation sites (tertiary alicyclic amines) is 1. The minimum absolute atomic E-state index is 0.0568. The van der Waals surface area contributed by atoms with Crippen molar-refractivity contribution in [3.63, 3.8) is 0 Å². The van der Waals surface area contributed by atoms with Crippen molar-refractivity contribution in [2.75, 3.05) is 13.1 Å². The predicted molar refractivity (Wildman–Crippen MR) is 147 cm³/mol. The number of ether oxygens (including phenoxy) is 1. The van der Waals surface area contributed by atoms with Gasteiger partial charge in [-0.25, -0.2) is 19.3 Å². The number of aromatic nitrogens is 3. The first-order valence-electron chi connectivity index (χ1n) is 13.3. The Labute approximate surface area is 231 Å².